The van der Waals surface area contributed by atoms with Gasteiger partial charge in [0.25, 0.3) is 0 Å². The van der Waals surface area contributed by atoms with E-state index in [1.165, 1.54) is 0 Å². The zero-order valence-electron chi connectivity index (χ0n) is 16.9. The SMILES string of the molecule is Clc1nc(Cl)nc(Nc2ccccc2Cl)n1.O=c1oc2ccccc2cc1-c1ccccc1. The van der Waals surface area contributed by atoms with Gasteiger partial charge in [0, 0.05) is 5.39 Å². The van der Waals surface area contributed by atoms with E-state index in [9.17, 15) is 4.79 Å². The van der Waals surface area contributed by atoms with E-state index in [2.05, 4.69) is 20.3 Å². The average Bonchev–Trinajstić information content (AvgIpc) is 2.80. The number of nitrogens with one attached hydrogen (secondary N) is 1. The third kappa shape index (κ3) is 5.87. The van der Waals surface area contributed by atoms with Gasteiger partial charge in [-0.25, -0.2) is 4.79 Å². The van der Waals surface area contributed by atoms with Crippen LogP contribution in [0.25, 0.3) is 22.1 Å². The molecule has 0 atom stereocenters. The van der Waals surface area contributed by atoms with Crippen LogP contribution in [-0.2, 0) is 0 Å². The fourth-order valence-electron chi connectivity index (χ4n) is 2.95. The van der Waals surface area contributed by atoms with Gasteiger partial charge in [0.1, 0.15) is 5.58 Å². The summed E-state index contributed by atoms with van der Waals surface area (Å²) >= 11 is 17.2. The predicted molar refractivity (Wildman–Crippen MR) is 133 cm³/mol. The molecule has 0 spiro atoms. The Balaban J connectivity index is 0.000000157. The summed E-state index contributed by atoms with van der Waals surface area (Å²) in [5.41, 5.74) is 2.48. The van der Waals surface area contributed by atoms with E-state index >= 15 is 0 Å². The molecule has 0 unspecified atom stereocenters. The molecule has 0 radical (unpaired) electrons. The molecule has 1 N–H and O–H groups in total. The first-order valence-corrected chi connectivity index (χ1v) is 10.8. The number of hydrogen-bond donors (Lipinski definition) is 1. The fraction of sp³-hybridized carbons (Fsp3) is 0. The lowest BCUT2D eigenvalue weighted by Gasteiger charge is -2.06. The smallest absolute Gasteiger partial charge is 0.344 e. The molecule has 6 nitrogen and oxygen atoms in total. The second-order valence-corrected chi connectivity index (χ2v) is 7.74. The molecule has 0 aliphatic rings. The number of para-hydroxylation sites is 2. The Kier molecular flexibility index (Phi) is 7.19. The van der Waals surface area contributed by atoms with Crippen LogP contribution in [0, 0.1) is 0 Å². The van der Waals surface area contributed by atoms with Crippen LogP contribution >= 0.6 is 34.8 Å². The lowest BCUT2D eigenvalue weighted by atomic mass is 10.1. The summed E-state index contributed by atoms with van der Waals surface area (Å²) < 4.78 is 5.29. The van der Waals surface area contributed by atoms with Crippen molar-refractivity contribution in [3.63, 3.8) is 0 Å². The summed E-state index contributed by atoms with van der Waals surface area (Å²) in [6.07, 6.45) is 0. The van der Waals surface area contributed by atoms with Gasteiger partial charge in [0.2, 0.25) is 16.5 Å². The standard InChI is InChI=1S/C15H10O2.C9H5Cl3N4/c16-15-13(11-6-2-1-3-7-11)10-12-8-4-5-9-14(12)17-15;10-5-3-1-2-4-6(5)13-9-15-7(11)14-8(12)16-9/h1-10H;1-4H,(H,13,14,15,16). The number of rotatable bonds is 3. The maximum Gasteiger partial charge on any atom is 0.344 e. The molecule has 5 aromatic rings. The van der Waals surface area contributed by atoms with E-state index in [0.29, 0.717) is 21.9 Å². The first-order valence-electron chi connectivity index (χ1n) is 9.66. The number of nitrogens with zero attached hydrogens (tertiary/aromatic N) is 3. The van der Waals surface area contributed by atoms with Crippen molar-refractivity contribution >= 4 is 57.4 Å². The van der Waals surface area contributed by atoms with E-state index < -0.39 is 0 Å². The Morgan fingerprint density at radius 1 is 0.727 bits per heavy atom. The maximum absolute atomic E-state index is 11.9. The van der Waals surface area contributed by atoms with Gasteiger partial charge >= 0.3 is 5.63 Å². The minimum absolute atomic E-state index is 0.0227. The minimum atomic E-state index is -0.296. The second-order valence-electron chi connectivity index (χ2n) is 6.65. The summed E-state index contributed by atoms with van der Waals surface area (Å²) in [7, 11) is 0. The molecule has 33 heavy (non-hydrogen) atoms. The molecule has 0 bridgehead atoms. The van der Waals surface area contributed by atoms with Crippen LogP contribution in [0.5, 0.6) is 0 Å². The van der Waals surface area contributed by atoms with Crippen LogP contribution in [0.2, 0.25) is 15.6 Å². The van der Waals surface area contributed by atoms with Crippen molar-refractivity contribution in [2.75, 3.05) is 5.32 Å². The highest BCUT2D eigenvalue weighted by molar-refractivity contribution is 6.33. The summed E-state index contributed by atoms with van der Waals surface area (Å²) in [4.78, 5) is 23.2. The third-order valence-electron chi connectivity index (χ3n) is 4.43. The zero-order chi connectivity index (χ0) is 23.2. The van der Waals surface area contributed by atoms with Gasteiger partial charge in [-0.2, -0.15) is 15.0 Å². The largest absolute Gasteiger partial charge is 0.422 e. The molecule has 5 rings (SSSR count). The molecular weight excluding hydrogens is 483 g/mol. The summed E-state index contributed by atoms with van der Waals surface area (Å²) in [6, 6.07) is 26.1. The molecule has 9 heteroatoms. The number of halogens is 3. The Morgan fingerprint density at radius 2 is 1.36 bits per heavy atom. The molecule has 3 aromatic carbocycles. The maximum atomic E-state index is 11.9. The van der Waals surface area contributed by atoms with E-state index in [1.54, 1.807) is 18.2 Å². The highest BCUT2D eigenvalue weighted by atomic mass is 35.5. The highest BCUT2D eigenvalue weighted by Gasteiger charge is 2.07. The van der Waals surface area contributed by atoms with Crippen molar-refractivity contribution in [2.24, 2.45) is 0 Å². The Bertz CT molecular complexity index is 1440. The molecule has 0 aliphatic carbocycles. The summed E-state index contributed by atoms with van der Waals surface area (Å²) in [5.74, 6) is 0.248. The number of anilines is 2. The van der Waals surface area contributed by atoms with Gasteiger partial charge in [-0.1, -0.05) is 72.3 Å². The van der Waals surface area contributed by atoms with Gasteiger partial charge in [0.15, 0.2) is 0 Å². The van der Waals surface area contributed by atoms with E-state index in [-0.39, 0.29) is 22.1 Å². The molecule has 2 aromatic heterocycles. The first-order chi connectivity index (χ1) is 16.0. The topological polar surface area (TPSA) is 80.9 Å². The number of hydrogen-bond acceptors (Lipinski definition) is 6. The molecular formula is C24H15Cl3N4O2. The number of aromatic nitrogens is 3. The molecule has 164 valence electrons. The van der Waals surface area contributed by atoms with Gasteiger partial charge in [-0.05, 0) is 53.0 Å². The minimum Gasteiger partial charge on any atom is -0.422 e. The normalized spacial score (nSPS) is 10.4. The van der Waals surface area contributed by atoms with Crippen molar-refractivity contribution in [3.05, 3.63) is 111 Å². The Morgan fingerprint density at radius 3 is 2.09 bits per heavy atom. The quantitative estimate of drug-likeness (QED) is 0.269. The Hall–Kier alpha value is -3.45. The van der Waals surface area contributed by atoms with Crippen LogP contribution in [0.1, 0.15) is 0 Å². The van der Waals surface area contributed by atoms with E-state index in [1.807, 2.05) is 66.7 Å². The monoisotopic (exact) mass is 496 g/mol. The van der Waals surface area contributed by atoms with Crippen LogP contribution in [-0.4, -0.2) is 15.0 Å². The molecule has 2 heterocycles. The average molecular weight is 498 g/mol. The molecule has 0 saturated carbocycles. The highest BCUT2D eigenvalue weighted by Crippen LogP contribution is 2.24. The molecule has 0 fully saturated rings. The molecule has 0 saturated heterocycles. The van der Waals surface area contributed by atoms with Gasteiger partial charge in [0.05, 0.1) is 16.3 Å². The number of benzene rings is 3. The van der Waals surface area contributed by atoms with Crippen LogP contribution in [0.15, 0.2) is 94.1 Å². The number of fused-ring (bicyclic) bond motifs is 1. The van der Waals surface area contributed by atoms with Gasteiger partial charge in [-0.15, -0.1) is 0 Å². The second kappa shape index (κ2) is 10.4. The van der Waals surface area contributed by atoms with Gasteiger partial charge in [-0.3, -0.25) is 0 Å². The Labute approximate surface area is 203 Å². The fourth-order valence-corrected chi connectivity index (χ4v) is 3.49. The van der Waals surface area contributed by atoms with E-state index in [4.69, 9.17) is 39.2 Å². The van der Waals surface area contributed by atoms with Crippen LogP contribution in [0.4, 0.5) is 11.6 Å². The lowest BCUT2D eigenvalue weighted by molar-refractivity contribution is 0.563. The van der Waals surface area contributed by atoms with Crippen molar-refractivity contribution in [2.45, 2.75) is 0 Å². The van der Waals surface area contributed by atoms with Crippen molar-refractivity contribution in [3.8, 4) is 11.1 Å². The summed E-state index contributed by atoms with van der Waals surface area (Å²) in [6.45, 7) is 0. The molecule has 0 aliphatic heterocycles. The first kappa shape index (κ1) is 22.7. The van der Waals surface area contributed by atoms with Crippen LogP contribution < -0.4 is 10.9 Å². The molecule has 0 amide bonds. The van der Waals surface area contributed by atoms with Crippen molar-refractivity contribution in [1.82, 2.24) is 15.0 Å². The van der Waals surface area contributed by atoms with Crippen molar-refractivity contribution < 1.29 is 4.42 Å². The van der Waals surface area contributed by atoms with Crippen LogP contribution in [0.3, 0.4) is 0 Å². The lowest BCUT2D eigenvalue weighted by Crippen LogP contribution is -2.02. The predicted octanol–water partition coefficient (Wildman–Crippen LogP) is 7.04. The van der Waals surface area contributed by atoms with E-state index in [0.717, 1.165) is 10.9 Å². The van der Waals surface area contributed by atoms with Gasteiger partial charge < -0.3 is 9.73 Å². The zero-order valence-corrected chi connectivity index (χ0v) is 19.1. The van der Waals surface area contributed by atoms with Crippen molar-refractivity contribution in [1.29, 1.82) is 0 Å². The summed E-state index contributed by atoms with van der Waals surface area (Å²) in [5, 5.41) is 4.42. The third-order valence-corrected chi connectivity index (χ3v) is 5.10.